The maximum atomic E-state index is 12.5. The van der Waals surface area contributed by atoms with E-state index < -0.39 is 0 Å². The first kappa shape index (κ1) is 15.6. The quantitative estimate of drug-likeness (QED) is 0.840. The van der Waals surface area contributed by atoms with Crippen molar-refractivity contribution in [2.75, 3.05) is 20.8 Å². The average Bonchev–Trinajstić information content (AvgIpc) is 3.05. The minimum Gasteiger partial charge on any atom is -0.493 e. The summed E-state index contributed by atoms with van der Waals surface area (Å²) in [6.07, 6.45) is 4.72. The summed E-state index contributed by atoms with van der Waals surface area (Å²) in [6, 6.07) is 5.31. The van der Waals surface area contributed by atoms with Gasteiger partial charge in [0.1, 0.15) is 0 Å². The van der Waals surface area contributed by atoms with Crippen LogP contribution < -0.4 is 20.5 Å². The Morgan fingerprint density at radius 3 is 2.62 bits per heavy atom. The highest BCUT2D eigenvalue weighted by atomic mass is 16.5. The standard InChI is InChI=1S/C16H24N2O3/c1-20-14-9-5-8-12(15(14)21-2)16(19)18-13(10-17)11-6-3-4-7-11/h5,8-9,11,13H,3-4,6-7,10,17H2,1-2H3,(H,18,19). The molecule has 1 fully saturated rings. The Labute approximate surface area is 125 Å². The first-order valence-electron chi connectivity index (χ1n) is 7.43. The summed E-state index contributed by atoms with van der Waals surface area (Å²) >= 11 is 0. The molecule has 0 saturated heterocycles. The molecular formula is C16H24N2O3. The Kier molecular flexibility index (Phi) is 5.44. The third-order valence-electron chi connectivity index (χ3n) is 4.19. The monoisotopic (exact) mass is 292 g/mol. The maximum Gasteiger partial charge on any atom is 0.255 e. The van der Waals surface area contributed by atoms with Gasteiger partial charge in [-0.2, -0.15) is 0 Å². The lowest BCUT2D eigenvalue weighted by Gasteiger charge is -2.23. The van der Waals surface area contributed by atoms with Gasteiger partial charge in [0.2, 0.25) is 0 Å². The van der Waals surface area contributed by atoms with Gasteiger partial charge >= 0.3 is 0 Å². The van der Waals surface area contributed by atoms with E-state index in [1.165, 1.54) is 20.0 Å². The summed E-state index contributed by atoms with van der Waals surface area (Å²) in [5, 5.41) is 3.05. The van der Waals surface area contributed by atoms with Crippen molar-refractivity contribution in [1.82, 2.24) is 5.32 Å². The van der Waals surface area contributed by atoms with Crippen molar-refractivity contribution in [2.24, 2.45) is 11.7 Å². The van der Waals surface area contributed by atoms with E-state index in [2.05, 4.69) is 5.32 Å². The number of para-hydroxylation sites is 1. The van der Waals surface area contributed by atoms with Crippen molar-refractivity contribution in [1.29, 1.82) is 0 Å². The van der Waals surface area contributed by atoms with Crippen molar-refractivity contribution in [3.63, 3.8) is 0 Å². The number of nitrogens with one attached hydrogen (secondary N) is 1. The van der Waals surface area contributed by atoms with Crippen molar-refractivity contribution >= 4 is 5.91 Å². The fourth-order valence-electron chi connectivity index (χ4n) is 3.04. The van der Waals surface area contributed by atoms with Gasteiger partial charge in [-0.25, -0.2) is 0 Å². The zero-order valence-electron chi connectivity index (χ0n) is 12.7. The second-order valence-corrected chi connectivity index (χ2v) is 5.40. The number of hydrogen-bond acceptors (Lipinski definition) is 4. The molecule has 1 aromatic rings. The van der Waals surface area contributed by atoms with Crippen LogP contribution in [0.4, 0.5) is 0 Å². The van der Waals surface area contributed by atoms with Crippen molar-refractivity contribution in [3.8, 4) is 11.5 Å². The van der Waals surface area contributed by atoms with Crippen LogP contribution in [0.3, 0.4) is 0 Å². The van der Waals surface area contributed by atoms with Gasteiger partial charge in [-0.05, 0) is 30.9 Å². The molecule has 1 unspecified atom stereocenters. The number of amides is 1. The Balaban J connectivity index is 2.15. The highest BCUT2D eigenvalue weighted by Gasteiger charge is 2.26. The molecule has 5 nitrogen and oxygen atoms in total. The zero-order chi connectivity index (χ0) is 15.2. The molecule has 5 heteroatoms. The summed E-state index contributed by atoms with van der Waals surface area (Å²) in [6.45, 7) is 0.461. The van der Waals surface area contributed by atoms with Gasteiger partial charge in [-0.1, -0.05) is 18.9 Å². The summed E-state index contributed by atoms with van der Waals surface area (Å²) in [7, 11) is 3.09. The molecule has 0 bridgehead atoms. The van der Waals surface area contributed by atoms with Gasteiger partial charge in [0.15, 0.2) is 11.5 Å². The van der Waals surface area contributed by atoms with E-state index in [4.69, 9.17) is 15.2 Å². The predicted molar refractivity (Wildman–Crippen MR) is 81.8 cm³/mol. The van der Waals surface area contributed by atoms with Crippen LogP contribution in [-0.4, -0.2) is 32.7 Å². The third-order valence-corrected chi connectivity index (χ3v) is 4.19. The molecule has 1 amide bonds. The number of hydrogen-bond donors (Lipinski definition) is 2. The van der Waals surface area contributed by atoms with Gasteiger partial charge in [-0.3, -0.25) is 4.79 Å². The maximum absolute atomic E-state index is 12.5. The molecule has 1 aliphatic rings. The van der Waals surface area contributed by atoms with Gasteiger partial charge in [0, 0.05) is 12.6 Å². The highest BCUT2D eigenvalue weighted by molar-refractivity contribution is 5.98. The molecule has 0 radical (unpaired) electrons. The lowest BCUT2D eigenvalue weighted by molar-refractivity contribution is 0.0920. The Hall–Kier alpha value is -1.75. The van der Waals surface area contributed by atoms with Crippen molar-refractivity contribution in [3.05, 3.63) is 23.8 Å². The van der Waals surface area contributed by atoms with Crippen LogP contribution in [0.1, 0.15) is 36.0 Å². The molecule has 2 rings (SSSR count). The van der Waals surface area contributed by atoms with Crippen LogP contribution >= 0.6 is 0 Å². The number of carbonyl (C=O) groups excluding carboxylic acids is 1. The van der Waals surface area contributed by atoms with E-state index in [0.29, 0.717) is 29.5 Å². The molecule has 116 valence electrons. The number of rotatable bonds is 6. The molecular weight excluding hydrogens is 268 g/mol. The Morgan fingerprint density at radius 1 is 1.33 bits per heavy atom. The summed E-state index contributed by atoms with van der Waals surface area (Å²) in [5.74, 6) is 1.33. The van der Waals surface area contributed by atoms with Gasteiger partial charge < -0.3 is 20.5 Å². The first-order valence-corrected chi connectivity index (χ1v) is 7.43. The SMILES string of the molecule is COc1cccc(C(=O)NC(CN)C2CCCC2)c1OC. The first-order chi connectivity index (χ1) is 10.2. The van der Waals surface area contributed by atoms with E-state index in [1.807, 2.05) is 0 Å². The second kappa shape index (κ2) is 7.31. The Bertz CT molecular complexity index is 484. The summed E-state index contributed by atoms with van der Waals surface area (Å²) in [5.41, 5.74) is 6.31. The molecule has 0 aliphatic heterocycles. The molecule has 1 saturated carbocycles. The number of ether oxygens (including phenoxy) is 2. The van der Waals surface area contributed by atoms with Crippen molar-refractivity contribution < 1.29 is 14.3 Å². The fraction of sp³-hybridized carbons (Fsp3) is 0.562. The van der Waals surface area contributed by atoms with Crippen LogP contribution in [0.25, 0.3) is 0 Å². The van der Waals surface area contributed by atoms with E-state index in [-0.39, 0.29) is 11.9 Å². The highest BCUT2D eigenvalue weighted by Crippen LogP contribution is 2.31. The summed E-state index contributed by atoms with van der Waals surface area (Å²) < 4.78 is 10.5. The van der Waals surface area contributed by atoms with E-state index >= 15 is 0 Å². The number of benzene rings is 1. The van der Waals surface area contributed by atoms with Gasteiger partial charge in [0.25, 0.3) is 5.91 Å². The van der Waals surface area contributed by atoms with Gasteiger partial charge in [0.05, 0.1) is 19.8 Å². The van der Waals surface area contributed by atoms with Crippen LogP contribution in [0.2, 0.25) is 0 Å². The predicted octanol–water partition coefficient (Wildman–Crippen LogP) is 1.95. The fourth-order valence-corrected chi connectivity index (χ4v) is 3.04. The lowest BCUT2D eigenvalue weighted by atomic mass is 9.97. The largest absolute Gasteiger partial charge is 0.493 e. The molecule has 1 aromatic carbocycles. The van der Waals surface area contributed by atoms with Crippen LogP contribution in [0.5, 0.6) is 11.5 Å². The Morgan fingerprint density at radius 2 is 2.05 bits per heavy atom. The molecule has 3 N–H and O–H groups in total. The van der Waals surface area contributed by atoms with Crippen LogP contribution in [0, 0.1) is 5.92 Å². The minimum absolute atomic E-state index is 0.0240. The van der Waals surface area contributed by atoms with E-state index in [0.717, 1.165) is 12.8 Å². The third kappa shape index (κ3) is 3.47. The molecule has 0 spiro atoms. The number of methoxy groups -OCH3 is 2. The van der Waals surface area contributed by atoms with Crippen LogP contribution in [0.15, 0.2) is 18.2 Å². The lowest BCUT2D eigenvalue weighted by Crippen LogP contribution is -2.44. The second-order valence-electron chi connectivity index (χ2n) is 5.40. The topological polar surface area (TPSA) is 73.6 Å². The smallest absolute Gasteiger partial charge is 0.255 e. The summed E-state index contributed by atoms with van der Waals surface area (Å²) in [4.78, 5) is 12.5. The van der Waals surface area contributed by atoms with Crippen LogP contribution in [-0.2, 0) is 0 Å². The number of carbonyl (C=O) groups is 1. The average molecular weight is 292 g/mol. The number of nitrogens with two attached hydrogens (primary N) is 1. The van der Waals surface area contributed by atoms with E-state index in [9.17, 15) is 4.79 Å². The van der Waals surface area contributed by atoms with Gasteiger partial charge in [-0.15, -0.1) is 0 Å². The molecule has 1 atom stereocenters. The zero-order valence-corrected chi connectivity index (χ0v) is 12.7. The van der Waals surface area contributed by atoms with E-state index in [1.54, 1.807) is 25.3 Å². The molecule has 21 heavy (non-hydrogen) atoms. The normalized spacial score (nSPS) is 16.5. The minimum atomic E-state index is -0.159. The molecule has 1 aliphatic carbocycles. The van der Waals surface area contributed by atoms with Crippen molar-refractivity contribution in [2.45, 2.75) is 31.7 Å². The molecule has 0 heterocycles. The molecule has 0 aromatic heterocycles.